The lowest BCUT2D eigenvalue weighted by molar-refractivity contribution is 0.391. The quantitative estimate of drug-likeness (QED) is 0.263. The maximum atomic E-state index is 12.8. The highest BCUT2D eigenvalue weighted by Gasteiger charge is 2.14. The van der Waals surface area contributed by atoms with Gasteiger partial charge in [0.25, 0.3) is 5.56 Å². The Balaban J connectivity index is 1.64. The average molecular weight is 411 g/mol. The summed E-state index contributed by atoms with van der Waals surface area (Å²) in [4.78, 5) is 21.8. The maximum absolute atomic E-state index is 12.8. The monoisotopic (exact) mass is 410 g/mol. The standard InChI is InChI=1S/C20H15ClN4O2S/c1-2-10-25-19(26)15-9-8-14(21)11-16(15)22-20(25)28-12-17-23-18(24-27-17)13-6-4-3-5-7-13/h2-9,11H,1,10,12H2. The van der Waals surface area contributed by atoms with Gasteiger partial charge in [-0.2, -0.15) is 4.98 Å². The maximum Gasteiger partial charge on any atom is 0.262 e. The number of nitrogens with zero attached hydrogens (tertiary/aromatic N) is 4. The van der Waals surface area contributed by atoms with Gasteiger partial charge >= 0.3 is 0 Å². The molecule has 0 radical (unpaired) electrons. The second-order valence-corrected chi connectivity index (χ2v) is 7.31. The molecule has 0 aliphatic heterocycles. The summed E-state index contributed by atoms with van der Waals surface area (Å²) >= 11 is 7.40. The summed E-state index contributed by atoms with van der Waals surface area (Å²) in [5.41, 5.74) is 1.29. The number of fused-ring (bicyclic) bond motifs is 1. The number of hydrogen-bond donors (Lipinski definition) is 0. The van der Waals surface area contributed by atoms with E-state index in [2.05, 4.69) is 21.7 Å². The van der Waals surface area contributed by atoms with Crippen LogP contribution in [0, 0.1) is 0 Å². The Morgan fingerprint density at radius 2 is 2.00 bits per heavy atom. The lowest BCUT2D eigenvalue weighted by Gasteiger charge is -2.10. The first-order valence-corrected chi connectivity index (χ1v) is 9.84. The third-order valence-electron chi connectivity index (χ3n) is 4.02. The van der Waals surface area contributed by atoms with E-state index in [1.54, 1.807) is 28.8 Å². The van der Waals surface area contributed by atoms with E-state index >= 15 is 0 Å². The molecule has 140 valence electrons. The van der Waals surface area contributed by atoms with Gasteiger partial charge < -0.3 is 4.52 Å². The van der Waals surface area contributed by atoms with E-state index in [0.29, 0.717) is 45.1 Å². The zero-order valence-electron chi connectivity index (χ0n) is 14.7. The van der Waals surface area contributed by atoms with Crippen molar-refractivity contribution >= 4 is 34.3 Å². The van der Waals surface area contributed by atoms with Crippen LogP contribution in [-0.2, 0) is 12.3 Å². The Bertz CT molecular complexity index is 1200. The normalized spacial score (nSPS) is 11.0. The molecular formula is C20H15ClN4O2S. The van der Waals surface area contributed by atoms with E-state index in [1.165, 1.54) is 11.8 Å². The molecule has 0 atom stereocenters. The number of benzene rings is 2. The summed E-state index contributed by atoms with van der Waals surface area (Å²) in [7, 11) is 0. The van der Waals surface area contributed by atoms with Crippen LogP contribution in [0.5, 0.6) is 0 Å². The van der Waals surface area contributed by atoms with E-state index in [9.17, 15) is 4.79 Å². The molecule has 4 aromatic rings. The zero-order valence-corrected chi connectivity index (χ0v) is 16.3. The lowest BCUT2D eigenvalue weighted by Crippen LogP contribution is -2.22. The third kappa shape index (κ3) is 3.72. The number of halogens is 1. The van der Waals surface area contributed by atoms with Crippen LogP contribution >= 0.6 is 23.4 Å². The fraction of sp³-hybridized carbons (Fsp3) is 0.100. The molecule has 0 bridgehead atoms. The van der Waals surface area contributed by atoms with Crippen LogP contribution in [0.15, 0.2) is 75.7 Å². The first-order chi connectivity index (χ1) is 13.7. The van der Waals surface area contributed by atoms with Crippen molar-refractivity contribution in [2.45, 2.75) is 17.5 Å². The summed E-state index contributed by atoms with van der Waals surface area (Å²) in [6, 6.07) is 14.6. The summed E-state index contributed by atoms with van der Waals surface area (Å²) < 4.78 is 6.91. The van der Waals surface area contributed by atoms with E-state index in [-0.39, 0.29) is 5.56 Å². The molecule has 0 N–H and O–H groups in total. The molecule has 0 unspecified atom stereocenters. The first kappa shape index (κ1) is 18.5. The molecule has 0 amide bonds. The lowest BCUT2D eigenvalue weighted by atomic mass is 10.2. The molecule has 8 heteroatoms. The SMILES string of the molecule is C=CCn1c(SCc2nc(-c3ccccc3)no2)nc2cc(Cl)ccc2c1=O. The number of hydrogen-bond acceptors (Lipinski definition) is 6. The Morgan fingerprint density at radius 3 is 2.79 bits per heavy atom. The Labute approximate surface area is 169 Å². The molecule has 0 saturated carbocycles. The largest absolute Gasteiger partial charge is 0.338 e. The van der Waals surface area contributed by atoms with Gasteiger partial charge in [-0.15, -0.1) is 6.58 Å². The van der Waals surface area contributed by atoms with Crippen molar-refractivity contribution in [1.82, 2.24) is 19.7 Å². The van der Waals surface area contributed by atoms with Crippen molar-refractivity contribution in [3.05, 3.63) is 82.5 Å². The highest BCUT2D eigenvalue weighted by molar-refractivity contribution is 7.98. The van der Waals surface area contributed by atoms with E-state index in [1.807, 2.05) is 30.3 Å². The number of allylic oxidation sites excluding steroid dienone is 1. The molecule has 6 nitrogen and oxygen atoms in total. The fourth-order valence-corrected chi connectivity index (χ4v) is 3.73. The molecule has 2 heterocycles. The van der Waals surface area contributed by atoms with E-state index in [4.69, 9.17) is 16.1 Å². The molecule has 2 aromatic carbocycles. The van der Waals surface area contributed by atoms with Gasteiger partial charge in [-0.05, 0) is 18.2 Å². The minimum absolute atomic E-state index is 0.139. The van der Waals surface area contributed by atoms with Gasteiger partial charge in [0, 0.05) is 17.1 Å². The minimum Gasteiger partial charge on any atom is -0.338 e. The van der Waals surface area contributed by atoms with E-state index < -0.39 is 0 Å². The van der Waals surface area contributed by atoms with Crippen LogP contribution in [0.2, 0.25) is 5.02 Å². The summed E-state index contributed by atoms with van der Waals surface area (Å²) in [5.74, 6) is 1.36. The van der Waals surface area contributed by atoms with Gasteiger partial charge in [-0.3, -0.25) is 9.36 Å². The van der Waals surface area contributed by atoms with Crippen molar-refractivity contribution < 1.29 is 4.52 Å². The van der Waals surface area contributed by atoms with Gasteiger partial charge in [0.05, 0.1) is 16.7 Å². The van der Waals surface area contributed by atoms with Crippen LogP contribution in [0.4, 0.5) is 0 Å². The summed E-state index contributed by atoms with van der Waals surface area (Å²) in [6.07, 6.45) is 1.66. The molecule has 0 fully saturated rings. The van der Waals surface area contributed by atoms with Gasteiger partial charge in [-0.1, -0.05) is 64.9 Å². The molecule has 2 aromatic heterocycles. The Hall–Kier alpha value is -2.90. The summed E-state index contributed by atoms with van der Waals surface area (Å²) in [5, 5.41) is 5.60. The predicted molar refractivity (Wildman–Crippen MR) is 111 cm³/mol. The Kier molecular flexibility index (Phi) is 5.27. The average Bonchev–Trinajstić information content (AvgIpc) is 3.18. The van der Waals surface area contributed by atoms with Crippen molar-refractivity contribution in [3.63, 3.8) is 0 Å². The van der Waals surface area contributed by atoms with Crippen molar-refractivity contribution in [2.24, 2.45) is 0 Å². The van der Waals surface area contributed by atoms with Gasteiger partial charge in [0.2, 0.25) is 11.7 Å². The molecule has 0 saturated heterocycles. The Morgan fingerprint density at radius 1 is 1.18 bits per heavy atom. The van der Waals surface area contributed by atoms with Crippen LogP contribution in [0.1, 0.15) is 5.89 Å². The number of thioether (sulfide) groups is 1. The third-order valence-corrected chi connectivity index (χ3v) is 5.22. The molecule has 0 aliphatic rings. The second kappa shape index (κ2) is 8.00. The molecule has 0 aliphatic carbocycles. The van der Waals surface area contributed by atoms with Crippen LogP contribution in [-0.4, -0.2) is 19.7 Å². The highest BCUT2D eigenvalue weighted by atomic mass is 35.5. The highest BCUT2D eigenvalue weighted by Crippen LogP contribution is 2.24. The first-order valence-electron chi connectivity index (χ1n) is 8.47. The molecule has 0 spiro atoms. The van der Waals surface area contributed by atoms with Crippen LogP contribution in [0.25, 0.3) is 22.3 Å². The van der Waals surface area contributed by atoms with Crippen molar-refractivity contribution in [1.29, 1.82) is 0 Å². The van der Waals surface area contributed by atoms with Crippen LogP contribution in [0.3, 0.4) is 0 Å². The van der Waals surface area contributed by atoms with Gasteiger partial charge in [0.15, 0.2) is 5.16 Å². The fourth-order valence-electron chi connectivity index (χ4n) is 2.72. The molecule has 28 heavy (non-hydrogen) atoms. The summed E-state index contributed by atoms with van der Waals surface area (Å²) in [6.45, 7) is 4.08. The van der Waals surface area contributed by atoms with Crippen molar-refractivity contribution in [3.8, 4) is 11.4 Å². The van der Waals surface area contributed by atoms with Gasteiger partial charge in [0.1, 0.15) is 0 Å². The smallest absolute Gasteiger partial charge is 0.262 e. The predicted octanol–water partition coefficient (Wildman–Crippen LogP) is 4.58. The molecular weight excluding hydrogens is 396 g/mol. The number of aromatic nitrogens is 4. The number of rotatable bonds is 6. The zero-order chi connectivity index (χ0) is 19.5. The van der Waals surface area contributed by atoms with E-state index in [0.717, 1.165) is 5.56 Å². The van der Waals surface area contributed by atoms with Gasteiger partial charge in [-0.25, -0.2) is 4.98 Å². The topological polar surface area (TPSA) is 73.8 Å². The minimum atomic E-state index is -0.139. The van der Waals surface area contributed by atoms with Crippen LogP contribution < -0.4 is 5.56 Å². The molecule has 4 rings (SSSR count). The second-order valence-electron chi connectivity index (χ2n) is 5.93. The van der Waals surface area contributed by atoms with Crippen molar-refractivity contribution in [2.75, 3.05) is 0 Å².